The third kappa shape index (κ3) is 2.44. The second-order valence-electron chi connectivity index (χ2n) is 1.72. The molecule has 0 fully saturated rings. The van der Waals surface area contributed by atoms with E-state index < -0.39 is 6.10 Å². The van der Waals surface area contributed by atoms with E-state index in [1.54, 1.807) is 6.92 Å². The molecule has 0 aliphatic carbocycles. The van der Waals surface area contributed by atoms with Crippen molar-refractivity contribution in [3.05, 3.63) is 12.2 Å². The average molecular weight is 110 g/mol. The summed E-state index contributed by atoms with van der Waals surface area (Å²) < 4.78 is 0. The van der Waals surface area contributed by atoms with E-state index in [9.17, 15) is 0 Å². The van der Waals surface area contributed by atoms with Gasteiger partial charge in [0.2, 0.25) is 0 Å². The average Bonchev–Trinajstić information content (AvgIpc) is 1.67. The van der Waals surface area contributed by atoms with E-state index in [-0.39, 0.29) is 0 Å². The van der Waals surface area contributed by atoms with Crippen LogP contribution in [0, 0.1) is 12.3 Å². The molecule has 0 aliphatic heterocycles. The standard InChI is InChI=1S/C7H10O/c1-4-5-6(2)7(3)8/h1,7-8H,2,5H2,3H3. The highest BCUT2D eigenvalue weighted by Crippen LogP contribution is 2.00. The molecule has 0 spiro atoms. The van der Waals surface area contributed by atoms with Gasteiger partial charge in [-0.05, 0) is 12.5 Å². The van der Waals surface area contributed by atoms with Crippen molar-refractivity contribution in [1.82, 2.24) is 0 Å². The van der Waals surface area contributed by atoms with Crippen molar-refractivity contribution in [2.45, 2.75) is 19.4 Å². The summed E-state index contributed by atoms with van der Waals surface area (Å²) in [6.07, 6.45) is 4.95. The molecule has 0 bridgehead atoms. The predicted molar refractivity (Wildman–Crippen MR) is 34.3 cm³/mol. The van der Waals surface area contributed by atoms with Gasteiger partial charge in [-0.15, -0.1) is 12.3 Å². The molecule has 1 atom stereocenters. The van der Waals surface area contributed by atoms with Crippen LogP contribution in [0.3, 0.4) is 0 Å². The van der Waals surface area contributed by atoms with Crippen LogP contribution < -0.4 is 0 Å². The summed E-state index contributed by atoms with van der Waals surface area (Å²) in [5.74, 6) is 2.39. The lowest BCUT2D eigenvalue weighted by atomic mass is 10.1. The van der Waals surface area contributed by atoms with Crippen LogP contribution in [0.15, 0.2) is 12.2 Å². The van der Waals surface area contributed by atoms with Crippen LogP contribution in [0.5, 0.6) is 0 Å². The first-order chi connectivity index (χ1) is 3.68. The number of aliphatic hydroxyl groups is 1. The number of hydrogen-bond donors (Lipinski definition) is 1. The van der Waals surface area contributed by atoms with E-state index in [0.717, 1.165) is 0 Å². The van der Waals surface area contributed by atoms with E-state index in [1.807, 2.05) is 0 Å². The zero-order valence-electron chi connectivity index (χ0n) is 5.02. The van der Waals surface area contributed by atoms with E-state index >= 15 is 0 Å². The fourth-order valence-electron chi connectivity index (χ4n) is 0.279. The van der Waals surface area contributed by atoms with Gasteiger partial charge in [0.05, 0.1) is 6.10 Å². The molecule has 1 N–H and O–H groups in total. The van der Waals surface area contributed by atoms with Gasteiger partial charge < -0.3 is 5.11 Å². The molecule has 0 aromatic carbocycles. The van der Waals surface area contributed by atoms with E-state index in [4.69, 9.17) is 11.5 Å². The van der Waals surface area contributed by atoms with E-state index in [1.165, 1.54) is 0 Å². The summed E-state index contributed by atoms with van der Waals surface area (Å²) in [5, 5.41) is 8.76. The van der Waals surface area contributed by atoms with E-state index in [2.05, 4.69) is 12.5 Å². The minimum Gasteiger partial charge on any atom is -0.389 e. The van der Waals surface area contributed by atoms with Gasteiger partial charge in [0.1, 0.15) is 0 Å². The molecular weight excluding hydrogens is 100 g/mol. The zero-order chi connectivity index (χ0) is 6.57. The van der Waals surface area contributed by atoms with Crippen LogP contribution in [0.25, 0.3) is 0 Å². The third-order valence-electron chi connectivity index (χ3n) is 0.920. The van der Waals surface area contributed by atoms with Gasteiger partial charge in [-0.1, -0.05) is 6.58 Å². The smallest absolute Gasteiger partial charge is 0.0728 e. The summed E-state index contributed by atoms with van der Waals surface area (Å²) in [7, 11) is 0. The largest absolute Gasteiger partial charge is 0.389 e. The van der Waals surface area contributed by atoms with Gasteiger partial charge in [-0.3, -0.25) is 0 Å². The molecule has 0 rings (SSSR count). The Hall–Kier alpha value is -0.740. The topological polar surface area (TPSA) is 20.2 Å². The second kappa shape index (κ2) is 3.29. The van der Waals surface area contributed by atoms with Gasteiger partial charge in [-0.25, -0.2) is 0 Å². The molecule has 0 amide bonds. The minimum atomic E-state index is -0.467. The summed E-state index contributed by atoms with van der Waals surface area (Å²) in [4.78, 5) is 0. The van der Waals surface area contributed by atoms with Gasteiger partial charge >= 0.3 is 0 Å². The highest BCUT2D eigenvalue weighted by atomic mass is 16.3. The Kier molecular flexibility index (Phi) is 2.98. The molecule has 1 heteroatoms. The van der Waals surface area contributed by atoms with Crippen molar-refractivity contribution >= 4 is 0 Å². The van der Waals surface area contributed by atoms with Gasteiger partial charge in [0.15, 0.2) is 0 Å². The lowest BCUT2D eigenvalue weighted by molar-refractivity contribution is 0.230. The molecule has 0 aromatic heterocycles. The SMILES string of the molecule is C#CCC(=C)C(C)O. The Bertz CT molecular complexity index is 117. The van der Waals surface area contributed by atoms with Crippen molar-refractivity contribution in [3.63, 3.8) is 0 Å². The first-order valence-electron chi connectivity index (χ1n) is 2.47. The Morgan fingerprint density at radius 2 is 2.50 bits per heavy atom. The molecule has 44 valence electrons. The molecule has 0 saturated heterocycles. The van der Waals surface area contributed by atoms with Gasteiger partial charge in [0.25, 0.3) is 0 Å². The minimum absolute atomic E-state index is 0.467. The summed E-state index contributed by atoms with van der Waals surface area (Å²) >= 11 is 0. The number of rotatable bonds is 2. The normalized spacial score (nSPS) is 12.1. The molecule has 1 nitrogen and oxygen atoms in total. The maximum atomic E-state index is 8.76. The molecule has 0 heterocycles. The van der Waals surface area contributed by atoms with Gasteiger partial charge in [-0.2, -0.15) is 0 Å². The number of hydrogen-bond acceptors (Lipinski definition) is 1. The Morgan fingerprint density at radius 1 is 2.00 bits per heavy atom. The van der Waals surface area contributed by atoms with Crippen LogP contribution in [0.1, 0.15) is 13.3 Å². The fourth-order valence-corrected chi connectivity index (χ4v) is 0.279. The third-order valence-corrected chi connectivity index (χ3v) is 0.920. The Labute approximate surface area is 50.0 Å². The highest BCUT2D eigenvalue weighted by Gasteiger charge is 1.96. The second-order valence-corrected chi connectivity index (χ2v) is 1.72. The highest BCUT2D eigenvalue weighted by molar-refractivity contribution is 5.09. The fraction of sp³-hybridized carbons (Fsp3) is 0.429. The predicted octanol–water partition coefficient (Wildman–Crippen LogP) is 0.947. The molecule has 0 saturated carbocycles. The Morgan fingerprint density at radius 3 is 2.62 bits per heavy atom. The van der Waals surface area contributed by atoms with Crippen LogP contribution in [0.4, 0.5) is 0 Å². The summed E-state index contributed by atoms with van der Waals surface area (Å²) in [6, 6.07) is 0. The van der Waals surface area contributed by atoms with Crippen molar-refractivity contribution in [1.29, 1.82) is 0 Å². The molecule has 8 heavy (non-hydrogen) atoms. The van der Waals surface area contributed by atoms with Crippen molar-refractivity contribution in [2.24, 2.45) is 0 Å². The molecular formula is C7H10O. The Balaban J connectivity index is 3.53. The summed E-state index contributed by atoms with van der Waals surface area (Å²) in [6.45, 7) is 5.20. The van der Waals surface area contributed by atoms with Crippen LogP contribution >= 0.6 is 0 Å². The zero-order valence-corrected chi connectivity index (χ0v) is 5.02. The van der Waals surface area contributed by atoms with E-state index in [0.29, 0.717) is 12.0 Å². The van der Waals surface area contributed by atoms with Crippen molar-refractivity contribution in [2.75, 3.05) is 0 Å². The molecule has 1 unspecified atom stereocenters. The van der Waals surface area contributed by atoms with Crippen LogP contribution in [-0.4, -0.2) is 11.2 Å². The van der Waals surface area contributed by atoms with Crippen molar-refractivity contribution < 1.29 is 5.11 Å². The molecule has 0 aliphatic rings. The van der Waals surface area contributed by atoms with Gasteiger partial charge in [0, 0.05) is 6.42 Å². The maximum absolute atomic E-state index is 8.76. The first kappa shape index (κ1) is 7.26. The first-order valence-corrected chi connectivity index (χ1v) is 2.47. The maximum Gasteiger partial charge on any atom is 0.0728 e. The molecule has 0 radical (unpaired) electrons. The monoisotopic (exact) mass is 110 g/mol. The summed E-state index contributed by atoms with van der Waals surface area (Å²) in [5.41, 5.74) is 0.701. The quantitative estimate of drug-likeness (QED) is 0.414. The number of terminal acetylenes is 1. The van der Waals surface area contributed by atoms with Crippen LogP contribution in [0.2, 0.25) is 0 Å². The molecule has 0 aromatic rings. The van der Waals surface area contributed by atoms with Crippen LogP contribution in [-0.2, 0) is 0 Å². The lowest BCUT2D eigenvalue weighted by Gasteiger charge is -2.01. The van der Waals surface area contributed by atoms with Crippen molar-refractivity contribution in [3.8, 4) is 12.3 Å². The number of aliphatic hydroxyl groups excluding tert-OH is 1. The lowest BCUT2D eigenvalue weighted by Crippen LogP contribution is -2.01.